The monoisotopic (exact) mass is 702 g/mol. The number of carbonyl (C=O) groups excluding carboxylic acids is 1. The minimum absolute atomic E-state index is 0.144. The molecule has 13 heteroatoms. The molecule has 1 aromatic heterocycles. The number of anilines is 4. The average Bonchev–Trinajstić information content (AvgIpc) is 3.10. The third kappa shape index (κ3) is 9.56. The molecule has 0 unspecified atom stereocenters. The second kappa shape index (κ2) is 17.2. The number of hydrogen-bond acceptors (Lipinski definition) is 11. The van der Waals surface area contributed by atoms with Crippen LogP contribution in [0.5, 0.6) is 28.7 Å². The largest absolute Gasteiger partial charge is 0.493 e. The van der Waals surface area contributed by atoms with Gasteiger partial charge in [0.1, 0.15) is 23.1 Å². The number of amides is 1. The summed E-state index contributed by atoms with van der Waals surface area (Å²) in [5.74, 6) is 1.77. The molecule has 2 heterocycles. The summed E-state index contributed by atoms with van der Waals surface area (Å²) >= 11 is 0. The number of aromatic nitrogens is 2. The molecule has 1 fully saturated rings. The van der Waals surface area contributed by atoms with Crippen LogP contribution in [-0.4, -0.2) is 92.6 Å². The van der Waals surface area contributed by atoms with Crippen LogP contribution in [0.4, 0.5) is 32.3 Å². The molecule has 1 amide bonds. The second-order valence-electron chi connectivity index (χ2n) is 12.6. The molecule has 5 rings (SSSR count). The Kier molecular flexibility index (Phi) is 12.5. The first kappa shape index (κ1) is 37.1. The van der Waals surface area contributed by atoms with E-state index in [0.717, 1.165) is 50.3 Å². The normalized spacial score (nSPS) is 13.5. The quantitative estimate of drug-likeness (QED) is 0.136. The van der Waals surface area contributed by atoms with E-state index in [-0.39, 0.29) is 29.3 Å². The molecule has 272 valence electrons. The number of benzene rings is 3. The van der Waals surface area contributed by atoms with E-state index in [9.17, 15) is 9.18 Å². The number of hydrogen-bond donors (Lipinski definition) is 1. The first-order valence-corrected chi connectivity index (χ1v) is 17.0. The molecule has 0 saturated carbocycles. The molecule has 1 saturated heterocycles. The second-order valence-corrected chi connectivity index (χ2v) is 12.6. The summed E-state index contributed by atoms with van der Waals surface area (Å²) in [4.78, 5) is 29.2. The van der Waals surface area contributed by atoms with E-state index in [0.29, 0.717) is 35.3 Å². The van der Waals surface area contributed by atoms with Crippen LogP contribution >= 0.6 is 0 Å². The van der Waals surface area contributed by atoms with Gasteiger partial charge >= 0.3 is 6.09 Å². The minimum Gasteiger partial charge on any atom is -0.493 e. The van der Waals surface area contributed by atoms with E-state index < -0.39 is 11.9 Å². The van der Waals surface area contributed by atoms with Crippen LogP contribution < -0.4 is 33.9 Å². The van der Waals surface area contributed by atoms with Crippen LogP contribution in [0.2, 0.25) is 0 Å². The van der Waals surface area contributed by atoms with E-state index in [2.05, 4.69) is 32.1 Å². The van der Waals surface area contributed by atoms with Gasteiger partial charge in [0.05, 0.1) is 32.6 Å². The number of likely N-dealkylation sites (N-methyl/N-ethyl adjacent to an activating group) is 1. The van der Waals surface area contributed by atoms with Crippen molar-refractivity contribution >= 4 is 29.2 Å². The van der Waals surface area contributed by atoms with Gasteiger partial charge in [0.15, 0.2) is 11.5 Å². The lowest BCUT2D eigenvalue weighted by Gasteiger charge is -2.32. The van der Waals surface area contributed by atoms with Crippen molar-refractivity contribution in [2.45, 2.75) is 40.2 Å². The van der Waals surface area contributed by atoms with E-state index in [1.165, 1.54) is 29.3 Å². The van der Waals surface area contributed by atoms with E-state index >= 15 is 0 Å². The Balaban J connectivity index is 1.43. The summed E-state index contributed by atoms with van der Waals surface area (Å²) in [5.41, 5.74) is 2.35. The maximum absolute atomic E-state index is 14.5. The number of nitrogens with zero attached hydrogens (tertiary/aromatic N) is 5. The van der Waals surface area contributed by atoms with Crippen molar-refractivity contribution in [2.24, 2.45) is 0 Å². The molecule has 0 aliphatic carbocycles. The first-order valence-electron chi connectivity index (χ1n) is 17.0. The summed E-state index contributed by atoms with van der Waals surface area (Å²) in [7, 11) is 5.26. The van der Waals surface area contributed by atoms with E-state index in [1.54, 1.807) is 32.4 Å². The lowest BCUT2D eigenvalue weighted by Crippen LogP contribution is -2.44. The summed E-state index contributed by atoms with van der Waals surface area (Å²) in [6.45, 7) is 13.0. The Hall–Kier alpha value is -5.14. The van der Waals surface area contributed by atoms with Gasteiger partial charge in [0, 0.05) is 68.9 Å². The number of para-hydroxylation sites is 1. The molecule has 51 heavy (non-hydrogen) atoms. The molecule has 0 radical (unpaired) electrons. The van der Waals surface area contributed by atoms with Crippen LogP contribution in [0, 0.1) is 19.7 Å². The molecule has 4 aromatic rings. The highest BCUT2D eigenvalue weighted by molar-refractivity contribution is 5.98. The van der Waals surface area contributed by atoms with Gasteiger partial charge in [-0.15, -0.1) is 0 Å². The van der Waals surface area contributed by atoms with Crippen molar-refractivity contribution in [3.8, 4) is 28.7 Å². The highest BCUT2D eigenvalue weighted by Crippen LogP contribution is 2.41. The molecule has 3 aromatic carbocycles. The SMILES string of the molecule is COc1cc(Nc2nccc(N(C(=O)Oc3c(C)cccc3C)c3ccc(F)cc3OC(C)C)n2)cc(OCCCN2CCN(C)CC2)c1OC. The average molecular weight is 703 g/mol. The molecule has 1 N–H and O–H groups in total. The smallest absolute Gasteiger partial charge is 0.425 e. The zero-order valence-electron chi connectivity index (χ0n) is 30.4. The van der Waals surface area contributed by atoms with Crippen molar-refractivity contribution in [2.75, 3.05) is 70.8 Å². The molecule has 12 nitrogen and oxygen atoms in total. The Bertz CT molecular complexity index is 1780. The number of carbonyl (C=O) groups is 1. The Morgan fingerprint density at radius 2 is 1.67 bits per heavy atom. The predicted octanol–water partition coefficient (Wildman–Crippen LogP) is 7.13. The van der Waals surface area contributed by atoms with Crippen LogP contribution in [0.1, 0.15) is 31.4 Å². The van der Waals surface area contributed by atoms with E-state index in [4.69, 9.17) is 23.7 Å². The van der Waals surface area contributed by atoms with Gasteiger partial charge in [0.25, 0.3) is 0 Å². The van der Waals surface area contributed by atoms with Gasteiger partial charge < -0.3 is 38.8 Å². The maximum atomic E-state index is 14.5. The topological polar surface area (TPSA) is 111 Å². The molecule has 0 spiro atoms. The van der Waals surface area contributed by atoms with Gasteiger partial charge in [-0.3, -0.25) is 0 Å². The number of piperazine rings is 1. The van der Waals surface area contributed by atoms with Crippen LogP contribution in [0.25, 0.3) is 0 Å². The third-order valence-corrected chi connectivity index (χ3v) is 8.35. The van der Waals surface area contributed by atoms with Crippen LogP contribution in [0.3, 0.4) is 0 Å². The minimum atomic E-state index is -0.768. The van der Waals surface area contributed by atoms with Gasteiger partial charge in [-0.25, -0.2) is 19.1 Å². The summed E-state index contributed by atoms with van der Waals surface area (Å²) in [6, 6.07) is 14.6. The summed E-state index contributed by atoms with van der Waals surface area (Å²) < 4.78 is 43.9. The Morgan fingerprint density at radius 1 is 0.941 bits per heavy atom. The highest BCUT2D eigenvalue weighted by Gasteiger charge is 2.28. The van der Waals surface area contributed by atoms with Gasteiger partial charge in [-0.2, -0.15) is 4.98 Å². The van der Waals surface area contributed by atoms with Crippen molar-refractivity contribution in [3.05, 3.63) is 77.7 Å². The van der Waals surface area contributed by atoms with Crippen molar-refractivity contribution < 1.29 is 32.9 Å². The molecule has 1 aliphatic rings. The van der Waals surface area contributed by atoms with E-state index in [1.807, 2.05) is 45.9 Å². The Labute approximate surface area is 299 Å². The van der Waals surface area contributed by atoms with Gasteiger partial charge in [0.2, 0.25) is 11.7 Å². The fraction of sp³-hybridized carbons (Fsp3) is 0.395. The number of methoxy groups -OCH3 is 2. The standard InChI is InChI=1S/C38H47FN6O6/c1-25(2)50-31-22-28(39)12-13-30(31)45(38(46)51-35-26(3)10-8-11-27(35)4)34-14-15-40-37(42-34)41-29-23-32(47-6)36(48-7)33(24-29)49-21-9-16-44-19-17-43(5)18-20-44/h8,10-15,22-25H,9,16-21H2,1-7H3,(H,40,41,42). The number of nitrogens with one attached hydrogen (secondary N) is 1. The molecule has 1 aliphatic heterocycles. The fourth-order valence-electron chi connectivity index (χ4n) is 5.74. The van der Waals surface area contributed by atoms with Crippen molar-refractivity contribution in [1.82, 2.24) is 19.8 Å². The zero-order chi connectivity index (χ0) is 36.5. The van der Waals surface area contributed by atoms with Crippen LogP contribution in [0.15, 0.2) is 60.8 Å². The first-order chi connectivity index (χ1) is 24.6. The molecule has 0 bridgehead atoms. The highest BCUT2D eigenvalue weighted by atomic mass is 19.1. The molecular weight excluding hydrogens is 655 g/mol. The number of ether oxygens (including phenoxy) is 5. The number of rotatable bonds is 14. The van der Waals surface area contributed by atoms with Crippen LogP contribution in [-0.2, 0) is 0 Å². The van der Waals surface area contributed by atoms with Gasteiger partial charge in [-0.1, -0.05) is 18.2 Å². The lowest BCUT2D eigenvalue weighted by molar-refractivity contribution is 0.145. The summed E-state index contributed by atoms with van der Waals surface area (Å²) in [5, 5.41) is 3.21. The molecular formula is C38H47FN6O6. The third-order valence-electron chi connectivity index (χ3n) is 8.35. The maximum Gasteiger partial charge on any atom is 0.425 e. The summed E-state index contributed by atoms with van der Waals surface area (Å²) in [6.07, 6.45) is 1.28. The fourth-order valence-corrected chi connectivity index (χ4v) is 5.74. The number of aryl methyl sites for hydroxylation is 2. The van der Waals surface area contributed by atoms with Gasteiger partial charge in [-0.05, 0) is 64.4 Å². The Morgan fingerprint density at radius 3 is 2.35 bits per heavy atom. The zero-order valence-corrected chi connectivity index (χ0v) is 30.4. The van der Waals surface area contributed by atoms with Crippen molar-refractivity contribution in [3.63, 3.8) is 0 Å². The predicted molar refractivity (Wildman–Crippen MR) is 195 cm³/mol. The lowest BCUT2D eigenvalue weighted by atomic mass is 10.1. The number of halogens is 1. The molecule has 0 atom stereocenters. The van der Waals surface area contributed by atoms with Crippen molar-refractivity contribution in [1.29, 1.82) is 0 Å².